The molecule has 2 aliphatic rings. The van der Waals surface area contributed by atoms with Crippen LogP contribution < -0.4 is 10.6 Å². The molecule has 7 heteroatoms. The lowest BCUT2D eigenvalue weighted by Gasteiger charge is -2.39. The van der Waals surface area contributed by atoms with Crippen molar-refractivity contribution in [2.45, 2.75) is 68.8 Å². The molecule has 0 amide bonds. The third-order valence-electron chi connectivity index (χ3n) is 5.86. The number of guanidine groups is 1. The van der Waals surface area contributed by atoms with Crippen molar-refractivity contribution in [3.63, 3.8) is 0 Å². The third kappa shape index (κ3) is 8.17. The van der Waals surface area contributed by atoms with Crippen molar-refractivity contribution in [3.05, 3.63) is 30.3 Å². The van der Waals surface area contributed by atoms with Crippen LogP contribution in [0.3, 0.4) is 0 Å². The van der Waals surface area contributed by atoms with Gasteiger partial charge in [0.1, 0.15) is 0 Å². The van der Waals surface area contributed by atoms with Gasteiger partial charge in [-0.15, -0.1) is 24.0 Å². The van der Waals surface area contributed by atoms with Crippen LogP contribution in [0.15, 0.2) is 40.2 Å². The molecule has 0 radical (unpaired) electrons. The van der Waals surface area contributed by atoms with Crippen LogP contribution in [0, 0.1) is 0 Å². The molecule has 0 aromatic heterocycles. The third-order valence-corrected chi connectivity index (χ3v) is 7.21. The summed E-state index contributed by atoms with van der Waals surface area (Å²) >= 11 is 0. The number of aliphatic imine (C=N–C) groups is 1. The van der Waals surface area contributed by atoms with Crippen LogP contribution in [0.2, 0.25) is 0 Å². The number of nitrogens with one attached hydrogen (secondary N) is 2. The minimum Gasteiger partial charge on any atom is -0.357 e. The first kappa shape index (κ1) is 24.6. The van der Waals surface area contributed by atoms with Gasteiger partial charge in [-0.05, 0) is 44.7 Å². The van der Waals surface area contributed by atoms with E-state index in [1.165, 1.54) is 58.0 Å². The van der Waals surface area contributed by atoms with Crippen LogP contribution >= 0.6 is 24.0 Å². The minimum atomic E-state index is -0.988. The van der Waals surface area contributed by atoms with Crippen LogP contribution in [-0.4, -0.2) is 59.1 Å². The Balaban J connectivity index is 0.00000300. The number of hydrogen-bond donors (Lipinski definition) is 2. The van der Waals surface area contributed by atoms with Gasteiger partial charge in [-0.1, -0.05) is 37.5 Å². The molecular formula is C22H37IN4OS. The first-order valence-electron chi connectivity index (χ1n) is 11.0. The molecule has 0 bridgehead atoms. The largest absolute Gasteiger partial charge is 0.357 e. The van der Waals surface area contributed by atoms with Crippen LogP contribution in [0.1, 0.15) is 51.9 Å². The van der Waals surface area contributed by atoms with E-state index >= 15 is 0 Å². The Morgan fingerprint density at radius 2 is 1.79 bits per heavy atom. The van der Waals surface area contributed by atoms with E-state index in [1.54, 1.807) is 0 Å². The summed E-state index contributed by atoms with van der Waals surface area (Å²) < 4.78 is 12.4. The fraction of sp³-hybridized carbons (Fsp3) is 0.682. The summed E-state index contributed by atoms with van der Waals surface area (Å²) in [5.41, 5.74) is 0. The summed E-state index contributed by atoms with van der Waals surface area (Å²) in [6.45, 7) is 5.89. The highest BCUT2D eigenvalue weighted by atomic mass is 127. The Hall–Kier alpha value is -0.670. The molecule has 2 fully saturated rings. The maximum atomic E-state index is 12.4. The minimum absolute atomic E-state index is 0. The number of nitrogens with zero attached hydrogens (tertiary/aromatic N) is 2. The Morgan fingerprint density at radius 3 is 2.45 bits per heavy atom. The summed E-state index contributed by atoms with van der Waals surface area (Å²) in [7, 11) is -0.988. The zero-order chi connectivity index (χ0) is 19.6. The molecule has 29 heavy (non-hydrogen) atoms. The first-order chi connectivity index (χ1) is 13.8. The first-order valence-corrected chi connectivity index (χ1v) is 12.3. The van der Waals surface area contributed by atoms with E-state index in [4.69, 9.17) is 0 Å². The van der Waals surface area contributed by atoms with E-state index in [1.807, 2.05) is 30.3 Å². The number of benzene rings is 1. The Morgan fingerprint density at radius 1 is 1.10 bits per heavy atom. The molecule has 1 aliphatic carbocycles. The second-order valence-corrected chi connectivity index (χ2v) is 9.44. The van der Waals surface area contributed by atoms with Gasteiger partial charge in [0.2, 0.25) is 0 Å². The average molecular weight is 533 g/mol. The summed E-state index contributed by atoms with van der Waals surface area (Å²) in [6, 6.07) is 11.0. The second kappa shape index (κ2) is 13.6. The normalized spacial score (nSPS) is 20.7. The van der Waals surface area contributed by atoms with Crippen LogP contribution in [0.4, 0.5) is 0 Å². The lowest BCUT2D eigenvalue weighted by molar-refractivity contribution is 0.119. The number of hydrogen-bond acceptors (Lipinski definition) is 3. The quantitative estimate of drug-likeness (QED) is 0.319. The summed E-state index contributed by atoms with van der Waals surface area (Å²) in [5, 5.41) is 6.95. The van der Waals surface area contributed by atoms with E-state index < -0.39 is 10.8 Å². The number of rotatable bonds is 7. The molecule has 1 saturated heterocycles. The molecule has 2 N–H and O–H groups in total. The van der Waals surface area contributed by atoms with Crippen molar-refractivity contribution in [1.82, 2.24) is 15.5 Å². The predicted octanol–water partition coefficient (Wildman–Crippen LogP) is 3.76. The van der Waals surface area contributed by atoms with Gasteiger partial charge in [-0.25, -0.2) is 0 Å². The molecular weight excluding hydrogens is 495 g/mol. The molecule has 1 unspecified atom stereocenters. The van der Waals surface area contributed by atoms with Gasteiger partial charge < -0.3 is 15.5 Å². The fourth-order valence-electron chi connectivity index (χ4n) is 4.30. The Labute approximate surface area is 196 Å². The van der Waals surface area contributed by atoms with Crippen LogP contribution in [0.25, 0.3) is 0 Å². The molecule has 1 heterocycles. The molecule has 164 valence electrons. The van der Waals surface area contributed by atoms with E-state index in [0.29, 0.717) is 18.3 Å². The average Bonchev–Trinajstić information content (AvgIpc) is 2.75. The maximum absolute atomic E-state index is 12.4. The van der Waals surface area contributed by atoms with Gasteiger partial charge in [0.15, 0.2) is 5.96 Å². The van der Waals surface area contributed by atoms with Crippen molar-refractivity contribution in [2.24, 2.45) is 4.99 Å². The molecule has 1 saturated carbocycles. The van der Waals surface area contributed by atoms with E-state index in [0.717, 1.165) is 23.4 Å². The highest BCUT2D eigenvalue weighted by molar-refractivity contribution is 14.0. The predicted molar refractivity (Wildman–Crippen MR) is 134 cm³/mol. The fourth-order valence-corrected chi connectivity index (χ4v) is 5.25. The van der Waals surface area contributed by atoms with Crippen molar-refractivity contribution < 1.29 is 4.21 Å². The van der Waals surface area contributed by atoms with Gasteiger partial charge in [0.25, 0.3) is 0 Å². The van der Waals surface area contributed by atoms with Crippen molar-refractivity contribution >= 4 is 40.7 Å². The summed E-state index contributed by atoms with van der Waals surface area (Å²) in [4.78, 5) is 8.26. The number of piperidine rings is 1. The summed E-state index contributed by atoms with van der Waals surface area (Å²) in [6.07, 6.45) is 9.37. The maximum Gasteiger partial charge on any atom is 0.191 e. The Bertz CT molecular complexity index is 629. The van der Waals surface area contributed by atoms with Crippen LogP contribution in [-0.2, 0) is 10.8 Å². The smallest absolute Gasteiger partial charge is 0.191 e. The number of halogens is 1. The van der Waals surface area contributed by atoms with E-state index in [2.05, 4.69) is 27.4 Å². The van der Waals surface area contributed by atoms with Gasteiger partial charge in [0, 0.05) is 42.4 Å². The molecule has 1 aromatic rings. The van der Waals surface area contributed by atoms with Crippen molar-refractivity contribution in [2.75, 3.05) is 31.9 Å². The topological polar surface area (TPSA) is 56.7 Å². The monoisotopic (exact) mass is 532 g/mol. The summed E-state index contributed by atoms with van der Waals surface area (Å²) in [5.74, 6) is 1.42. The highest BCUT2D eigenvalue weighted by Crippen LogP contribution is 2.25. The lowest BCUT2D eigenvalue weighted by atomic mass is 9.92. The van der Waals surface area contributed by atoms with Gasteiger partial charge in [0.05, 0.1) is 17.3 Å². The molecule has 1 aliphatic heterocycles. The standard InChI is InChI=1S/C22H36N4OS.HI/c1-2-23-22(24-15-18-28(27)21-11-7-4-8-12-21)25-19-13-16-26(17-14-19)20-9-5-3-6-10-20;/h4,7-8,11-12,19-20H,2-3,5-6,9-10,13-18H2,1H3,(H2,23,24,25);1H. The van der Waals surface area contributed by atoms with Gasteiger partial charge >= 0.3 is 0 Å². The molecule has 1 aromatic carbocycles. The Kier molecular flexibility index (Phi) is 11.5. The zero-order valence-electron chi connectivity index (χ0n) is 17.6. The zero-order valence-corrected chi connectivity index (χ0v) is 20.8. The van der Waals surface area contributed by atoms with Crippen molar-refractivity contribution in [1.29, 1.82) is 0 Å². The molecule has 1 atom stereocenters. The van der Waals surface area contributed by atoms with E-state index in [-0.39, 0.29) is 24.0 Å². The number of likely N-dealkylation sites (tertiary alicyclic amines) is 1. The SMILES string of the molecule is CCNC(=NCCS(=O)c1ccccc1)NC1CCN(C2CCCCC2)CC1.I. The molecule has 3 rings (SSSR count). The van der Waals surface area contributed by atoms with Gasteiger partial charge in [-0.3, -0.25) is 9.20 Å². The second-order valence-electron chi connectivity index (χ2n) is 7.87. The van der Waals surface area contributed by atoms with E-state index in [9.17, 15) is 4.21 Å². The van der Waals surface area contributed by atoms with Crippen LogP contribution in [0.5, 0.6) is 0 Å². The molecule has 5 nitrogen and oxygen atoms in total. The lowest BCUT2D eigenvalue weighted by Crippen LogP contribution is -2.51. The van der Waals surface area contributed by atoms with Gasteiger partial charge in [-0.2, -0.15) is 0 Å². The molecule has 0 spiro atoms. The van der Waals surface area contributed by atoms with Crippen molar-refractivity contribution in [3.8, 4) is 0 Å². The highest BCUT2D eigenvalue weighted by Gasteiger charge is 2.26.